The maximum atomic E-state index is 12.2. The van der Waals surface area contributed by atoms with Crippen molar-refractivity contribution in [3.8, 4) is 10.6 Å². The van der Waals surface area contributed by atoms with Gasteiger partial charge in [0, 0.05) is 26.2 Å². The van der Waals surface area contributed by atoms with Gasteiger partial charge in [-0.2, -0.15) is 0 Å². The zero-order valence-corrected chi connectivity index (χ0v) is 16.2. The van der Waals surface area contributed by atoms with Crippen LogP contribution in [0.3, 0.4) is 0 Å². The molecule has 0 unspecified atom stereocenters. The number of aryl methyl sites for hydroxylation is 1. The van der Waals surface area contributed by atoms with Gasteiger partial charge in [-0.15, -0.1) is 22.7 Å². The minimum Gasteiger partial charge on any atom is -0.337 e. The van der Waals surface area contributed by atoms with Crippen molar-refractivity contribution in [1.29, 1.82) is 0 Å². The molecule has 0 aliphatic carbocycles. The molecule has 3 heterocycles. The van der Waals surface area contributed by atoms with Gasteiger partial charge < -0.3 is 4.57 Å². The van der Waals surface area contributed by atoms with E-state index in [1.165, 1.54) is 11.3 Å². The lowest BCUT2D eigenvalue weighted by Crippen LogP contribution is -2.25. The van der Waals surface area contributed by atoms with Crippen LogP contribution in [0, 0.1) is 0 Å². The van der Waals surface area contributed by atoms with Crippen molar-refractivity contribution >= 4 is 48.6 Å². The zero-order chi connectivity index (χ0) is 16.4. The minimum absolute atomic E-state index is 0.309. The number of sulfonamides is 1. The second-order valence-corrected chi connectivity index (χ2v) is 10.2. The van der Waals surface area contributed by atoms with E-state index in [2.05, 4.69) is 25.6 Å². The van der Waals surface area contributed by atoms with Gasteiger partial charge in [0.1, 0.15) is 10.0 Å². The third-order valence-electron chi connectivity index (χ3n) is 3.20. The number of hydrogen-bond donors (Lipinski definition) is 1. The predicted molar refractivity (Wildman–Crippen MR) is 97.4 cm³/mol. The van der Waals surface area contributed by atoms with Crippen LogP contribution in [-0.4, -0.2) is 24.5 Å². The van der Waals surface area contributed by atoms with Crippen molar-refractivity contribution in [3.05, 3.63) is 45.5 Å². The summed E-state index contributed by atoms with van der Waals surface area (Å²) >= 11 is 6.10. The topological polar surface area (TPSA) is 64.0 Å². The molecular formula is C14H14BrN3O2S3. The molecule has 0 amide bonds. The van der Waals surface area contributed by atoms with E-state index in [1.807, 2.05) is 35.3 Å². The number of nitrogens with zero attached hydrogens (tertiary/aromatic N) is 2. The fraction of sp³-hybridized carbons (Fsp3) is 0.214. The molecule has 9 heteroatoms. The van der Waals surface area contributed by atoms with Crippen molar-refractivity contribution in [2.45, 2.75) is 10.6 Å². The van der Waals surface area contributed by atoms with Gasteiger partial charge in [0.25, 0.3) is 0 Å². The van der Waals surface area contributed by atoms with Crippen LogP contribution in [0.1, 0.15) is 5.82 Å². The number of rotatable bonds is 6. The second-order valence-electron chi connectivity index (χ2n) is 4.84. The summed E-state index contributed by atoms with van der Waals surface area (Å²) in [5.74, 6) is 0.850. The van der Waals surface area contributed by atoms with Gasteiger partial charge in [-0.1, -0.05) is 6.07 Å². The number of hydrogen-bond acceptors (Lipinski definition) is 5. The molecule has 1 N–H and O–H groups in total. The molecule has 3 aromatic heterocycles. The first-order valence-corrected chi connectivity index (χ1v) is 10.7. The standard InChI is InChI=1S/C14H14BrN3O2S3/c1-18-9-10(11-3-2-8-21-11)17-13(18)6-7-16-23(19,20)14-5-4-12(15)22-14/h2-5,8-9,16H,6-7H2,1H3. The lowest BCUT2D eigenvalue weighted by molar-refractivity contribution is 0.582. The van der Waals surface area contributed by atoms with Crippen LogP contribution in [0.25, 0.3) is 10.6 Å². The summed E-state index contributed by atoms with van der Waals surface area (Å²) in [5, 5.41) is 2.01. The van der Waals surface area contributed by atoms with Crippen molar-refractivity contribution in [2.75, 3.05) is 6.54 Å². The van der Waals surface area contributed by atoms with E-state index in [1.54, 1.807) is 23.5 Å². The SMILES string of the molecule is Cn1cc(-c2cccs2)nc1CCNS(=O)(=O)c1ccc(Br)s1. The van der Waals surface area contributed by atoms with Crippen LogP contribution in [0.5, 0.6) is 0 Å². The molecule has 3 rings (SSSR count). The van der Waals surface area contributed by atoms with Gasteiger partial charge in [0.15, 0.2) is 0 Å². The third kappa shape index (κ3) is 3.92. The minimum atomic E-state index is -3.46. The highest BCUT2D eigenvalue weighted by atomic mass is 79.9. The average molecular weight is 432 g/mol. The molecule has 0 saturated heterocycles. The second kappa shape index (κ2) is 6.86. The van der Waals surface area contributed by atoms with E-state index in [0.29, 0.717) is 17.2 Å². The summed E-state index contributed by atoms with van der Waals surface area (Å²) in [6.45, 7) is 0.312. The Kier molecular flexibility index (Phi) is 5.02. The first-order valence-electron chi connectivity index (χ1n) is 6.77. The molecule has 0 bridgehead atoms. The van der Waals surface area contributed by atoms with Crippen molar-refractivity contribution in [3.63, 3.8) is 0 Å². The van der Waals surface area contributed by atoms with Crippen LogP contribution in [0.15, 0.2) is 43.8 Å². The number of aromatic nitrogens is 2. The Hall–Kier alpha value is -1.00. The third-order valence-corrected chi connectivity index (χ3v) is 7.67. The smallest absolute Gasteiger partial charge is 0.250 e. The fourth-order valence-electron chi connectivity index (χ4n) is 2.09. The quantitative estimate of drug-likeness (QED) is 0.649. The molecule has 0 aromatic carbocycles. The Morgan fingerprint density at radius 2 is 2.17 bits per heavy atom. The predicted octanol–water partition coefficient (Wildman–Crippen LogP) is 3.49. The molecule has 0 aliphatic rings. The molecule has 0 aliphatic heterocycles. The molecule has 0 fully saturated rings. The number of imidazole rings is 1. The average Bonchev–Trinajstić information content (AvgIpc) is 3.20. The zero-order valence-electron chi connectivity index (χ0n) is 12.2. The highest BCUT2D eigenvalue weighted by molar-refractivity contribution is 9.11. The van der Waals surface area contributed by atoms with E-state index >= 15 is 0 Å². The highest BCUT2D eigenvalue weighted by Gasteiger charge is 2.16. The molecule has 0 saturated carbocycles. The molecule has 23 heavy (non-hydrogen) atoms. The Morgan fingerprint density at radius 3 is 2.83 bits per heavy atom. The normalized spacial score (nSPS) is 11.9. The lowest BCUT2D eigenvalue weighted by Gasteiger charge is -2.04. The molecule has 0 spiro atoms. The summed E-state index contributed by atoms with van der Waals surface area (Å²) in [6, 6.07) is 7.33. The molecule has 0 radical (unpaired) electrons. The Labute approximate surface area is 151 Å². The fourth-order valence-corrected chi connectivity index (χ4v) is 5.86. The highest BCUT2D eigenvalue weighted by Crippen LogP contribution is 2.26. The van der Waals surface area contributed by atoms with Crippen LogP contribution >= 0.6 is 38.6 Å². The molecular weight excluding hydrogens is 418 g/mol. The molecule has 5 nitrogen and oxygen atoms in total. The summed E-state index contributed by atoms with van der Waals surface area (Å²) < 4.78 is 30.0. The summed E-state index contributed by atoms with van der Waals surface area (Å²) in [6.07, 6.45) is 2.50. The van der Waals surface area contributed by atoms with E-state index < -0.39 is 10.0 Å². The van der Waals surface area contributed by atoms with E-state index in [0.717, 1.165) is 20.2 Å². The molecule has 3 aromatic rings. The number of nitrogens with one attached hydrogen (secondary N) is 1. The summed E-state index contributed by atoms with van der Waals surface area (Å²) in [5.41, 5.74) is 0.919. The monoisotopic (exact) mass is 431 g/mol. The van der Waals surface area contributed by atoms with Gasteiger partial charge in [0.05, 0.1) is 14.4 Å². The van der Waals surface area contributed by atoms with Crippen LogP contribution in [0.2, 0.25) is 0 Å². The van der Waals surface area contributed by atoms with Gasteiger partial charge in [-0.25, -0.2) is 18.1 Å². The number of halogens is 1. The Bertz CT molecular complexity index is 898. The largest absolute Gasteiger partial charge is 0.337 e. The van der Waals surface area contributed by atoms with Gasteiger partial charge in [-0.3, -0.25) is 0 Å². The van der Waals surface area contributed by atoms with E-state index in [-0.39, 0.29) is 0 Å². The summed E-state index contributed by atoms with van der Waals surface area (Å²) in [4.78, 5) is 5.69. The van der Waals surface area contributed by atoms with E-state index in [9.17, 15) is 8.42 Å². The maximum Gasteiger partial charge on any atom is 0.250 e. The first-order chi connectivity index (χ1) is 11.0. The maximum absolute atomic E-state index is 12.2. The lowest BCUT2D eigenvalue weighted by atomic mass is 10.4. The van der Waals surface area contributed by atoms with Gasteiger partial charge in [0.2, 0.25) is 10.0 Å². The van der Waals surface area contributed by atoms with Gasteiger partial charge in [-0.05, 0) is 39.5 Å². The Balaban J connectivity index is 1.65. The number of thiophene rings is 2. The van der Waals surface area contributed by atoms with Crippen molar-refractivity contribution in [1.82, 2.24) is 14.3 Å². The summed E-state index contributed by atoms with van der Waals surface area (Å²) in [7, 11) is -1.53. The molecule has 122 valence electrons. The van der Waals surface area contributed by atoms with E-state index in [4.69, 9.17) is 0 Å². The van der Waals surface area contributed by atoms with Gasteiger partial charge >= 0.3 is 0 Å². The van der Waals surface area contributed by atoms with Crippen LogP contribution in [0.4, 0.5) is 0 Å². The van der Waals surface area contributed by atoms with Crippen molar-refractivity contribution < 1.29 is 8.42 Å². The van der Waals surface area contributed by atoms with Crippen LogP contribution < -0.4 is 4.72 Å². The first kappa shape index (κ1) is 16.8. The van der Waals surface area contributed by atoms with Crippen LogP contribution in [-0.2, 0) is 23.5 Å². The molecule has 0 atom stereocenters. The van der Waals surface area contributed by atoms with Crippen molar-refractivity contribution in [2.24, 2.45) is 7.05 Å². The Morgan fingerprint density at radius 1 is 1.35 bits per heavy atom.